The van der Waals surface area contributed by atoms with Gasteiger partial charge in [-0.15, -0.1) is 0 Å². The molecule has 9 heteroatoms. The summed E-state index contributed by atoms with van der Waals surface area (Å²) < 4.78 is 24.9. The molecule has 0 unspecified atom stereocenters. The molecular formula is C34H34FN5O3. The number of imidazole rings is 1. The average Bonchev–Trinajstić information content (AvgIpc) is 3.41. The van der Waals surface area contributed by atoms with E-state index >= 15 is 0 Å². The first kappa shape index (κ1) is 26.3. The molecule has 3 aliphatic rings. The van der Waals surface area contributed by atoms with Crippen molar-refractivity contribution < 1.29 is 19.0 Å². The van der Waals surface area contributed by atoms with Crippen LogP contribution in [0.15, 0.2) is 54.6 Å². The summed E-state index contributed by atoms with van der Waals surface area (Å²) in [7, 11) is 3.59. The maximum Gasteiger partial charge on any atom is 0.254 e. The minimum Gasteiger partial charge on any atom is -0.508 e. The molecule has 43 heavy (non-hydrogen) atoms. The standard InChI is InChI=1S/C34H34FN5O3/c1-38-32-26(11-22(14-30(32)43-2)34(42)40-17-21-7-10-27(40)31(21)36)37-33(38)29-13-20-6-5-19(24-15-23(41)8-9-25(24)35)12-28(20)39(29)16-18-3-4-18/h5-6,8-9,11-15,18,21,27,31,41H,3-4,7,10,16-17,36H2,1-2H3/t21-,27-,31-/m1/s1. The fraction of sp³-hybridized carbons (Fsp3) is 0.353. The number of nitrogens with zero attached hydrogens (tertiary/aromatic N) is 4. The van der Waals surface area contributed by atoms with E-state index in [9.17, 15) is 14.3 Å². The number of nitrogens with two attached hydrogens (primary N) is 1. The lowest BCUT2D eigenvalue weighted by Gasteiger charge is -2.27. The Labute approximate surface area is 248 Å². The van der Waals surface area contributed by atoms with Gasteiger partial charge in [0.1, 0.15) is 22.8 Å². The topological polar surface area (TPSA) is 98.5 Å². The maximum atomic E-state index is 14.8. The van der Waals surface area contributed by atoms with Crippen LogP contribution in [-0.4, -0.2) is 55.8 Å². The van der Waals surface area contributed by atoms with Gasteiger partial charge in [0, 0.05) is 54.3 Å². The van der Waals surface area contributed by atoms with Gasteiger partial charge in [-0.1, -0.05) is 12.1 Å². The van der Waals surface area contributed by atoms with E-state index in [2.05, 4.69) is 10.6 Å². The van der Waals surface area contributed by atoms with Crippen molar-refractivity contribution in [1.82, 2.24) is 19.0 Å². The minimum absolute atomic E-state index is 0.0235. The molecule has 1 saturated heterocycles. The smallest absolute Gasteiger partial charge is 0.254 e. The number of hydrogen-bond acceptors (Lipinski definition) is 5. The van der Waals surface area contributed by atoms with Crippen molar-refractivity contribution in [1.29, 1.82) is 0 Å². The number of hydrogen-bond donors (Lipinski definition) is 2. The van der Waals surface area contributed by atoms with Crippen molar-refractivity contribution in [3.8, 4) is 34.1 Å². The third-order valence-electron chi connectivity index (χ3n) is 9.85. The number of aromatic hydroxyl groups is 1. The zero-order valence-electron chi connectivity index (χ0n) is 24.3. The number of amides is 1. The Hall–Kier alpha value is -4.37. The van der Waals surface area contributed by atoms with Gasteiger partial charge in [0.25, 0.3) is 5.91 Å². The highest BCUT2D eigenvalue weighted by atomic mass is 19.1. The van der Waals surface area contributed by atoms with Gasteiger partial charge in [-0.2, -0.15) is 0 Å². The Kier molecular flexibility index (Phi) is 5.85. The summed E-state index contributed by atoms with van der Waals surface area (Å²) in [6.07, 6.45) is 4.38. The largest absolute Gasteiger partial charge is 0.508 e. The lowest BCUT2D eigenvalue weighted by molar-refractivity contribution is 0.0700. The zero-order valence-corrected chi connectivity index (χ0v) is 24.3. The van der Waals surface area contributed by atoms with Crippen molar-refractivity contribution in [2.75, 3.05) is 13.7 Å². The number of piperidine rings is 1. The van der Waals surface area contributed by atoms with Crippen LogP contribution >= 0.6 is 0 Å². The number of methoxy groups -OCH3 is 1. The first-order chi connectivity index (χ1) is 20.8. The van der Waals surface area contributed by atoms with Crippen LogP contribution in [0.25, 0.3) is 44.6 Å². The third kappa shape index (κ3) is 4.12. The molecule has 1 amide bonds. The van der Waals surface area contributed by atoms with E-state index in [1.807, 2.05) is 46.8 Å². The van der Waals surface area contributed by atoms with E-state index < -0.39 is 0 Å². The van der Waals surface area contributed by atoms with Gasteiger partial charge in [0.05, 0.1) is 18.3 Å². The van der Waals surface area contributed by atoms with Crippen molar-refractivity contribution in [2.24, 2.45) is 24.6 Å². The second-order valence-corrected chi connectivity index (χ2v) is 12.5. The van der Waals surface area contributed by atoms with Gasteiger partial charge < -0.3 is 29.6 Å². The molecule has 2 bridgehead atoms. The summed E-state index contributed by atoms with van der Waals surface area (Å²) in [5, 5.41) is 11.0. The normalized spacial score (nSPS) is 21.4. The number of aromatic nitrogens is 3. The Morgan fingerprint density at radius 3 is 2.65 bits per heavy atom. The van der Waals surface area contributed by atoms with E-state index in [4.69, 9.17) is 15.5 Å². The molecule has 2 aliphatic carbocycles. The summed E-state index contributed by atoms with van der Waals surface area (Å²) in [5.41, 5.74) is 11.5. The van der Waals surface area contributed by atoms with Crippen molar-refractivity contribution in [2.45, 2.75) is 44.3 Å². The van der Waals surface area contributed by atoms with Gasteiger partial charge in [0.2, 0.25) is 0 Å². The number of benzene rings is 3. The highest BCUT2D eigenvalue weighted by molar-refractivity contribution is 6.00. The Morgan fingerprint density at radius 2 is 1.93 bits per heavy atom. The molecule has 3 aromatic carbocycles. The molecule has 2 saturated carbocycles. The monoisotopic (exact) mass is 579 g/mol. The van der Waals surface area contributed by atoms with Gasteiger partial charge in [-0.05, 0) is 85.5 Å². The number of fused-ring (bicyclic) bond motifs is 4. The van der Waals surface area contributed by atoms with Gasteiger partial charge in [-0.25, -0.2) is 9.37 Å². The van der Waals surface area contributed by atoms with E-state index in [0.29, 0.717) is 46.3 Å². The lowest BCUT2D eigenvalue weighted by atomic mass is 10.0. The summed E-state index contributed by atoms with van der Waals surface area (Å²) in [6, 6.07) is 15.9. The predicted octanol–water partition coefficient (Wildman–Crippen LogP) is 5.69. The van der Waals surface area contributed by atoms with Gasteiger partial charge >= 0.3 is 0 Å². The number of phenolic OH excluding ortho intramolecular Hbond substituents is 1. The molecule has 0 radical (unpaired) electrons. The fourth-order valence-electron chi connectivity index (χ4n) is 7.36. The number of rotatable bonds is 6. The zero-order chi connectivity index (χ0) is 29.6. The third-order valence-corrected chi connectivity index (χ3v) is 9.85. The minimum atomic E-state index is -0.380. The highest BCUT2D eigenvalue weighted by Gasteiger charge is 2.47. The second kappa shape index (κ2) is 9.57. The Morgan fingerprint density at radius 1 is 1.09 bits per heavy atom. The number of likely N-dealkylation sites (tertiary alicyclic amines) is 1. The van der Waals surface area contributed by atoms with Crippen LogP contribution < -0.4 is 10.5 Å². The average molecular weight is 580 g/mol. The molecular weight excluding hydrogens is 545 g/mol. The molecule has 5 aromatic rings. The van der Waals surface area contributed by atoms with Crippen molar-refractivity contribution >= 4 is 27.8 Å². The highest BCUT2D eigenvalue weighted by Crippen LogP contribution is 2.41. The fourth-order valence-corrected chi connectivity index (χ4v) is 7.36. The van der Waals surface area contributed by atoms with Crippen LogP contribution in [0.3, 0.4) is 0 Å². The number of ether oxygens (including phenoxy) is 1. The number of carbonyl (C=O) groups excluding carboxylic acids is 1. The van der Waals surface area contributed by atoms with Gasteiger partial charge in [-0.3, -0.25) is 4.79 Å². The summed E-state index contributed by atoms with van der Waals surface area (Å²) in [6.45, 7) is 1.53. The predicted molar refractivity (Wildman–Crippen MR) is 164 cm³/mol. The molecule has 3 fully saturated rings. The number of aryl methyl sites for hydroxylation is 1. The van der Waals surface area contributed by atoms with E-state index in [1.165, 1.54) is 31.0 Å². The number of phenols is 1. The molecule has 2 aromatic heterocycles. The van der Waals surface area contributed by atoms with E-state index in [1.54, 1.807) is 7.11 Å². The van der Waals surface area contributed by atoms with Crippen LogP contribution in [-0.2, 0) is 13.6 Å². The van der Waals surface area contributed by atoms with Crippen molar-refractivity contribution in [3.05, 3.63) is 66.0 Å². The SMILES string of the molecule is COc1cc(C(=O)N2C[C@H]3CC[C@@H]2[C@@H]3N)cc2nc(-c3cc4ccc(-c5cc(O)ccc5F)cc4n3CC3CC3)n(C)c12. The summed E-state index contributed by atoms with van der Waals surface area (Å²) >= 11 is 0. The Balaban J connectivity index is 1.25. The van der Waals surface area contributed by atoms with Crippen LogP contribution in [0.1, 0.15) is 36.0 Å². The number of carbonyl (C=O) groups is 1. The van der Waals surface area contributed by atoms with Crippen LogP contribution in [0, 0.1) is 17.7 Å². The van der Waals surface area contributed by atoms with Crippen LogP contribution in [0.5, 0.6) is 11.5 Å². The molecule has 0 spiro atoms. The summed E-state index contributed by atoms with van der Waals surface area (Å²) in [5.74, 6) is 1.94. The molecule has 3 N–H and O–H groups in total. The molecule has 220 valence electrons. The molecule has 3 heterocycles. The van der Waals surface area contributed by atoms with Gasteiger partial charge in [0.15, 0.2) is 5.82 Å². The molecule has 8 nitrogen and oxygen atoms in total. The maximum absolute atomic E-state index is 14.8. The van der Waals surface area contributed by atoms with Crippen LogP contribution in [0.2, 0.25) is 0 Å². The van der Waals surface area contributed by atoms with Crippen molar-refractivity contribution in [3.63, 3.8) is 0 Å². The first-order valence-electron chi connectivity index (χ1n) is 15.0. The quantitative estimate of drug-likeness (QED) is 0.270. The van der Waals surface area contributed by atoms with E-state index in [-0.39, 0.29) is 29.6 Å². The first-order valence-corrected chi connectivity index (χ1v) is 15.0. The van der Waals surface area contributed by atoms with Crippen LogP contribution in [0.4, 0.5) is 4.39 Å². The van der Waals surface area contributed by atoms with E-state index in [0.717, 1.165) is 47.3 Å². The Bertz CT molecular complexity index is 1940. The second-order valence-electron chi connectivity index (χ2n) is 12.5. The number of halogens is 1. The molecule has 1 aliphatic heterocycles. The molecule has 8 rings (SSSR count). The lowest BCUT2D eigenvalue weighted by Crippen LogP contribution is -2.41. The summed E-state index contributed by atoms with van der Waals surface area (Å²) in [4.78, 5) is 20.7. The molecule has 3 atom stereocenters.